The zero-order chi connectivity index (χ0) is 10.7. The van der Waals surface area contributed by atoms with Crippen molar-refractivity contribution in [3.8, 4) is 0 Å². The topological polar surface area (TPSA) is 12.0 Å². The van der Waals surface area contributed by atoms with E-state index < -0.39 is 11.6 Å². The summed E-state index contributed by atoms with van der Waals surface area (Å²) in [6.45, 7) is 0. The molecule has 75 valence electrons. The summed E-state index contributed by atoms with van der Waals surface area (Å²) < 4.78 is 25.8. The van der Waals surface area contributed by atoms with Gasteiger partial charge < -0.3 is 5.32 Å². The Kier molecular flexibility index (Phi) is 2.63. The van der Waals surface area contributed by atoms with Crippen molar-refractivity contribution in [3.05, 3.63) is 60.2 Å². The van der Waals surface area contributed by atoms with E-state index >= 15 is 0 Å². The Morgan fingerprint density at radius 2 is 1.73 bits per heavy atom. The van der Waals surface area contributed by atoms with Gasteiger partial charge in [-0.05, 0) is 30.3 Å². The summed E-state index contributed by atoms with van der Waals surface area (Å²) >= 11 is 0. The number of halogens is 2. The lowest BCUT2D eigenvalue weighted by atomic mass is 10.2. The summed E-state index contributed by atoms with van der Waals surface area (Å²) in [4.78, 5) is 0. The lowest BCUT2D eigenvalue weighted by molar-refractivity contribution is 0.586. The van der Waals surface area contributed by atoms with Gasteiger partial charge in [0, 0.05) is 11.8 Å². The molecule has 0 spiro atoms. The van der Waals surface area contributed by atoms with Crippen molar-refractivity contribution in [1.29, 1.82) is 0 Å². The van der Waals surface area contributed by atoms with Crippen molar-refractivity contribution in [2.75, 3.05) is 5.32 Å². The zero-order valence-corrected chi connectivity index (χ0v) is 7.80. The zero-order valence-electron chi connectivity index (χ0n) is 7.80. The van der Waals surface area contributed by atoms with Crippen LogP contribution < -0.4 is 5.32 Å². The minimum absolute atomic E-state index is 0.252. The van der Waals surface area contributed by atoms with Crippen LogP contribution in [0.2, 0.25) is 0 Å². The highest BCUT2D eigenvalue weighted by molar-refractivity contribution is 5.59. The van der Waals surface area contributed by atoms with Crippen molar-refractivity contribution in [3.63, 3.8) is 0 Å². The summed E-state index contributed by atoms with van der Waals surface area (Å²) in [5.41, 5.74) is 0.988. The maximum absolute atomic E-state index is 13.2. The first-order valence-corrected chi connectivity index (χ1v) is 4.44. The molecule has 15 heavy (non-hydrogen) atoms. The smallest absolute Gasteiger partial charge is 0.149 e. The van der Waals surface area contributed by atoms with Gasteiger partial charge in [0.15, 0.2) is 0 Å². The van der Waals surface area contributed by atoms with Gasteiger partial charge in [0.1, 0.15) is 11.6 Å². The van der Waals surface area contributed by atoms with Crippen LogP contribution in [-0.4, -0.2) is 0 Å². The van der Waals surface area contributed by atoms with E-state index in [9.17, 15) is 8.78 Å². The van der Waals surface area contributed by atoms with Crippen LogP contribution in [0.4, 0.5) is 20.2 Å². The van der Waals surface area contributed by atoms with Gasteiger partial charge in [0.05, 0.1) is 5.69 Å². The van der Waals surface area contributed by atoms with Crippen LogP contribution in [0.1, 0.15) is 0 Å². The molecule has 0 bridgehead atoms. The fraction of sp³-hybridized carbons (Fsp3) is 0. The minimum Gasteiger partial charge on any atom is -0.353 e. The van der Waals surface area contributed by atoms with Gasteiger partial charge in [-0.1, -0.05) is 12.1 Å². The first kappa shape index (κ1) is 9.65. The molecule has 2 aromatic rings. The van der Waals surface area contributed by atoms with Crippen LogP contribution in [0.5, 0.6) is 0 Å². The number of anilines is 2. The second-order valence-electron chi connectivity index (χ2n) is 3.04. The van der Waals surface area contributed by atoms with Gasteiger partial charge in [-0.15, -0.1) is 0 Å². The molecule has 0 unspecified atom stereocenters. The average molecular weight is 204 g/mol. The normalized spacial score (nSPS) is 10.0. The molecule has 0 heterocycles. The predicted octanol–water partition coefficient (Wildman–Crippen LogP) is 3.51. The van der Waals surface area contributed by atoms with Gasteiger partial charge in [0.2, 0.25) is 0 Å². The Balaban J connectivity index is 2.25. The van der Waals surface area contributed by atoms with Gasteiger partial charge in [-0.2, -0.15) is 0 Å². The Labute approximate surface area is 86.4 Å². The van der Waals surface area contributed by atoms with Crippen LogP contribution in [0.3, 0.4) is 0 Å². The molecular formula is C12H8F2N. The lowest BCUT2D eigenvalue weighted by Gasteiger charge is -2.06. The van der Waals surface area contributed by atoms with Crippen LogP contribution in [0, 0.1) is 17.7 Å². The number of rotatable bonds is 2. The van der Waals surface area contributed by atoms with Crippen LogP contribution in [0.25, 0.3) is 0 Å². The van der Waals surface area contributed by atoms with Crippen molar-refractivity contribution < 1.29 is 8.78 Å². The predicted molar refractivity (Wildman–Crippen MR) is 54.9 cm³/mol. The number of hydrogen-bond donors (Lipinski definition) is 1. The molecule has 1 nitrogen and oxygen atoms in total. The second-order valence-corrected chi connectivity index (χ2v) is 3.04. The molecule has 1 radical (unpaired) electrons. The number of nitrogens with one attached hydrogen (secondary N) is 1. The summed E-state index contributed by atoms with van der Waals surface area (Å²) in [5.74, 6) is -1.19. The fourth-order valence-electron chi connectivity index (χ4n) is 1.22. The molecule has 0 atom stereocenters. The molecule has 0 aliphatic carbocycles. The fourth-order valence-corrected chi connectivity index (χ4v) is 1.22. The van der Waals surface area contributed by atoms with Gasteiger partial charge in [-0.3, -0.25) is 0 Å². The summed E-state index contributed by atoms with van der Waals surface area (Å²) in [5, 5.41) is 2.84. The first-order chi connectivity index (χ1) is 7.25. The van der Waals surface area contributed by atoms with Crippen LogP contribution in [-0.2, 0) is 0 Å². The van der Waals surface area contributed by atoms with E-state index in [0.29, 0.717) is 0 Å². The van der Waals surface area contributed by atoms with Crippen LogP contribution >= 0.6 is 0 Å². The maximum atomic E-state index is 13.2. The van der Waals surface area contributed by atoms with Crippen molar-refractivity contribution in [2.24, 2.45) is 0 Å². The molecule has 2 rings (SSSR count). The first-order valence-electron chi connectivity index (χ1n) is 4.44. The largest absolute Gasteiger partial charge is 0.353 e. The Hall–Kier alpha value is -1.90. The molecule has 0 saturated heterocycles. The highest BCUT2D eigenvalue weighted by atomic mass is 19.1. The van der Waals surface area contributed by atoms with E-state index in [4.69, 9.17) is 0 Å². The van der Waals surface area contributed by atoms with E-state index in [1.807, 2.05) is 0 Å². The Morgan fingerprint density at radius 3 is 2.40 bits per heavy atom. The summed E-state index contributed by atoms with van der Waals surface area (Å²) in [7, 11) is 0. The summed E-state index contributed by atoms with van der Waals surface area (Å²) in [6.07, 6.45) is 0. The second kappa shape index (κ2) is 4.09. The van der Waals surface area contributed by atoms with Crippen molar-refractivity contribution in [1.82, 2.24) is 0 Å². The van der Waals surface area contributed by atoms with E-state index in [-0.39, 0.29) is 5.69 Å². The molecule has 2 aromatic carbocycles. The molecule has 0 amide bonds. The molecule has 0 aliphatic heterocycles. The standard InChI is InChI=1S/C12H8F2N/c13-9-6-7-12(11(14)8-9)15-10-4-2-1-3-5-10/h2-8,15H. The Morgan fingerprint density at radius 1 is 1.00 bits per heavy atom. The van der Waals surface area contributed by atoms with E-state index in [1.165, 1.54) is 12.1 Å². The molecule has 0 aliphatic rings. The molecule has 1 N–H and O–H groups in total. The molecule has 0 saturated carbocycles. The Bertz CT molecular complexity index is 454. The minimum atomic E-state index is -0.608. The average Bonchev–Trinajstić information content (AvgIpc) is 2.24. The van der Waals surface area contributed by atoms with Gasteiger partial charge in [0.25, 0.3) is 0 Å². The third kappa shape index (κ3) is 2.31. The third-order valence-electron chi connectivity index (χ3n) is 1.93. The highest BCUT2D eigenvalue weighted by Crippen LogP contribution is 2.19. The van der Waals surface area contributed by atoms with E-state index in [0.717, 1.165) is 11.8 Å². The lowest BCUT2D eigenvalue weighted by Crippen LogP contribution is -1.93. The maximum Gasteiger partial charge on any atom is 0.149 e. The van der Waals surface area contributed by atoms with Crippen LogP contribution in [0.15, 0.2) is 42.5 Å². The molecule has 0 aromatic heterocycles. The molecule has 3 heteroatoms. The van der Waals surface area contributed by atoms with E-state index in [2.05, 4.69) is 11.4 Å². The van der Waals surface area contributed by atoms with Crippen molar-refractivity contribution in [2.45, 2.75) is 0 Å². The van der Waals surface area contributed by atoms with E-state index in [1.54, 1.807) is 24.3 Å². The SMILES string of the molecule is Fc1ccc(Nc2cc[c]cc2)c(F)c1. The quantitative estimate of drug-likeness (QED) is 0.789. The van der Waals surface area contributed by atoms with Gasteiger partial charge >= 0.3 is 0 Å². The summed E-state index contributed by atoms with van der Waals surface area (Å²) in [6, 6.07) is 13.2. The number of benzene rings is 2. The monoisotopic (exact) mass is 204 g/mol. The van der Waals surface area contributed by atoms with Crippen molar-refractivity contribution >= 4 is 11.4 Å². The molecular weight excluding hydrogens is 196 g/mol. The third-order valence-corrected chi connectivity index (χ3v) is 1.93. The molecule has 0 fully saturated rings. The number of hydrogen-bond acceptors (Lipinski definition) is 1. The highest BCUT2D eigenvalue weighted by Gasteiger charge is 2.02. The van der Waals surface area contributed by atoms with Gasteiger partial charge in [-0.25, -0.2) is 8.78 Å².